The molecular formula is C13H15NO3. The number of rotatable bonds is 2. The lowest BCUT2D eigenvalue weighted by atomic mass is 9.82. The number of carbonyl (C=O) groups is 2. The number of carbonyl (C=O) groups excluding carboxylic acids is 1. The number of nitrogens with zero attached hydrogens (tertiary/aromatic N) is 1. The van der Waals surface area contributed by atoms with Crippen LogP contribution in [-0.4, -0.2) is 35.0 Å². The van der Waals surface area contributed by atoms with Crippen LogP contribution in [0.1, 0.15) is 35.2 Å². The number of likely N-dealkylation sites (N-methyl/N-ethyl adjacent to an activating group) is 1. The fourth-order valence-corrected chi connectivity index (χ4v) is 2.54. The first-order valence-corrected chi connectivity index (χ1v) is 5.66. The maximum atomic E-state index is 12.1. The van der Waals surface area contributed by atoms with Gasteiger partial charge in [-0.15, -0.1) is 0 Å². The Morgan fingerprint density at radius 3 is 2.65 bits per heavy atom. The molecule has 2 rings (SSSR count). The number of hydrogen-bond donors (Lipinski definition) is 1. The topological polar surface area (TPSA) is 57.6 Å². The minimum absolute atomic E-state index is 0.0926. The summed E-state index contributed by atoms with van der Waals surface area (Å²) in [7, 11) is 1.67. The van der Waals surface area contributed by atoms with Gasteiger partial charge in [0.15, 0.2) is 0 Å². The van der Waals surface area contributed by atoms with Crippen LogP contribution in [0, 0.1) is 0 Å². The summed E-state index contributed by atoms with van der Waals surface area (Å²) in [6.07, 6.45) is 0.632. The van der Waals surface area contributed by atoms with Crippen molar-refractivity contribution in [1.82, 2.24) is 4.90 Å². The van der Waals surface area contributed by atoms with Crippen LogP contribution >= 0.6 is 0 Å². The average Bonchev–Trinajstić information content (AvgIpc) is 2.33. The molecule has 0 saturated heterocycles. The molecule has 1 aromatic rings. The molecule has 0 fully saturated rings. The summed E-state index contributed by atoms with van der Waals surface area (Å²) < 4.78 is 0. The fourth-order valence-electron chi connectivity index (χ4n) is 2.54. The van der Waals surface area contributed by atoms with Crippen molar-refractivity contribution in [2.75, 3.05) is 7.05 Å². The second-order valence-electron chi connectivity index (χ2n) is 4.29. The van der Waals surface area contributed by atoms with Crippen molar-refractivity contribution in [3.63, 3.8) is 0 Å². The van der Waals surface area contributed by atoms with E-state index in [1.165, 1.54) is 0 Å². The van der Waals surface area contributed by atoms with Gasteiger partial charge < -0.3 is 10.0 Å². The number of amides is 1. The largest absolute Gasteiger partial charge is 0.481 e. The summed E-state index contributed by atoms with van der Waals surface area (Å²) in [5, 5.41) is 9.35. The molecule has 0 spiro atoms. The third-order valence-electron chi connectivity index (χ3n) is 3.41. The first-order chi connectivity index (χ1) is 8.07. The molecule has 0 saturated carbocycles. The van der Waals surface area contributed by atoms with Crippen molar-refractivity contribution in [2.24, 2.45) is 0 Å². The van der Waals surface area contributed by atoms with Gasteiger partial charge in [0, 0.05) is 18.7 Å². The van der Waals surface area contributed by atoms with Gasteiger partial charge in [0.25, 0.3) is 5.91 Å². The Balaban J connectivity index is 2.60. The van der Waals surface area contributed by atoms with E-state index in [9.17, 15) is 14.7 Å². The smallest absolute Gasteiger partial charge is 0.313 e. The quantitative estimate of drug-likeness (QED) is 0.846. The normalized spacial score (nSPS) is 23.4. The predicted molar refractivity (Wildman–Crippen MR) is 63.0 cm³/mol. The molecule has 2 atom stereocenters. The van der Waals surface area contributed by atoms with E-state index in [-0.39, 0.29) is 11.9 Å². The highest BCUT2D eigenvalue weighted by Crippen LogP contribution is 2.34. The molecule has 1 N–H and O–H groups in total. The molecule has 0 aliphatic carbocycles. The first-order valence-electron chi connectivity index (χ1n) is 5.66. The highest BCUT2D eigenvalue weighted by atomic mass is 16.4. The fraction of sp³-hybridized carbons (Fsp3) is 0.385. The minimum Gasteiger partial charge on any atom is -0.481 e. The summed E-state index contributed by atoms with van der Waals surface area (Å²) >= 11 is 0. The van der Waals surface area contributed by atoms with Gasteiger partial charge in [-0.3, -0.25) is 9.59 Å². The van der Waals surface area contributed by atoms with Gasteiger partial charge in [0.2, 0.25) is 0 Å². The molecule has 2 unspecified atom stereocenters. The molecule has 17 heavy (non-hydrogen) atoms. The highest BCUT2D eigenvalue weighted by Gasteiger charge is 2.40. The number of carboxylic acid groups (broad SMARTS) is 1. The zero-order valence-electron chi connectivity index (χ0n) is 9.88. The molecular weight excluding hydrogens is 218 g/mol. The Labute approximate surface area is 99.9 Å². The zero-order chi connectivity index (χ0) is 12.6. The van der Waals surface area contributed by atoms with E-state index in [0.717, 1.165) is 0 Å². The predicted octanol–water partition coefficient (Wildman–Crippen LogP) is 1.72. The highest BCUT2D eigenvalue weighted by molar-refractivity contribution is 6.00. The van der Waals surface area contributed by atoms with Crippen molar-refractivity contribution in [3.8, 4) is 0 Å². The summed E-state index contributed by atoms with van der Waals surface area (Å²) in [6.45, 7) is 1.90. The second-order valence-corrected chi connectivity index (χ2v) is 4.29. The molecule has 4 heteroatoms. The maximum Gasteiger partial charge on any atom is 0.313 e. The second kappa shape index (κ2) is 4.20. The summed E-state index contributed by atoms with van der Waals surface area (Å²) in [6, 6.07) is 6.70. The van der Waals surface area contributed by atoms with Crippen LogP contribution in [0.3, 0.4) is 0 Å². The van der Waals surface area contributed by atoms with E-state index in [1.54, 1.807) is 36.2 Å². The summed E-state index contributed by atoms with van der Waals surface area (Å²) in [5.41, 5.74) is 1.14. The zero-order valence-corrected chi connectivity index (χ0v) is 9.88. The summed E-state index contributed by atoms with van der Waals surface area (Å²) in [4.78, 5) is 25.0. The molecule has 1 aromatic carbocycles. The van der Waals surface area contributed by atoms with Crippen molar-refractivity contribution < 1.29 is 14.7 Å². The third kappa shape index (κ3) is 1.69. The molecule has 0 radical (unpaired) electrons. The monoisotopic (exact) mass is 233 g/mol. The standard InChI is InChI=1S/C13H15NO3/c1-3-10-11(13(16)17)8-6-4-5-7-9(8)12(15)14(10)2/h4-7,10-11H,3H2,1-2H3,(H,16,17). The lowest BCUT2D eigenvalue weighted by Gasteiger charge is -2.37. The molecule has 1 aliphatic heterocycles. The van der Waals surface area contributed by atoms with Gasteiger partial charge >= 0.3 is 5.97 Å². The summed E-state index contributed by atoms with van der Waals surface area (Å²) in [5.74, 6) is -1.59. The molecule has 4 nitrogen and oxygen atoms in total. The minimum atomic E-state index is -0.872. The lowest BCUT2D eigenvalue weighted by molar-refractivity contribution is -0.140. The van der Waals surface area contributed by atoms with Gasteiger partial charge in [-0.1, -0.05) is 25.1 Å². The number of benzene rings is 1. The first kappa shape index (κ1) is 11.6. The van der Waals surface area contributed by atoms with E-state index in [4.69, 9.17) is 0 Å². The van der Waals surface area contributed by atoms with Crippen LogP contribution < -0.4 is 0 Å². The van der Waals surface area contributed by atoms with Crippen molar-refractivity contribution in [3.05, 3.63) is 35.4 Å². The van der Waals surface area contributed by atoms with Crippen molar-refractivity contribution in [2.45, 2.75) is 25.3 Å². The van der Waals surface area contributed by atoms with Crippen molar-refractivity contribution >= 4 is 11.9 Å². The van der Waals surface area contributed by atoms with Crippen LogP contribution in [0.15, 0.2) is 24.3 Å². The average molecular weight is 233 g/mol. The Bertz CT molecular complexity index is 469. The van der Waals surface area contributed by atoms with Crippen LogP contribution in [0.4, 0.5) is 0 Å². The van der Waals surface area contributed by atoms with Crippen LogP contribution in [0.25, 0.3) is 0 Å². The molecule has 1 aliphatic rings. The SMILES string of the molecule is CCC1C(C(=O)O)c2ccccc2C(=O)N1C. The van der Waals surface area contributed by atoms with Gasteiger partial charge in [0.05, 0.1) is 0 Å². The Morgan fingerprint density at radius 2 is 2.06 bits per heavy atom. The molecule has 90 valence electrons. The molecule has 1 amide bonds. The third-order valence-corrected chi connectivity index (χ3v) is 3.41. The number of hydrogen-bond acceptors (Lipinski definition) is 2. The van der Waals surface area contributed by atoms with Crippen LogP contribution in [0.5, 0.6) is 0 Å². The Morgan fingerprint density at radius 1 is 1.41 bits per heavy atom. The van der Waals surface area contributed by atoms with E-state index in [2.05, 4.69) is 0 Å². The van der Waals surface area contributed by atoms with Gasteiger partial charge in [0.1, 0.15) is 5.92 Å². The number of fused-ring (bicyclic) bond motifs is 1. The molecule has 0 bridgehead atoms. The molecule has 1 heterocycles. The van der Waals surface area contributed by atoms with Crippen LogP contribution in [-0.2, 0) is 4.79 Å². The number of carboxylic acids is 1. The van der Waals surface area contributed by atoms with E-state index in [1.807, 2.05) is 6.92 Å². The van der Waals surface area contributed by atoms with Crippen molar-refractivity contribution in [1.29, 1.82) is 0 Å². The van der Waals surface area contributed by atoms with Gasteiger partial charge in [-0.05, 0) is 18.1 Å². The van der Waals surface area contributed by atoms with E-state index in [0.29, 0.717) is 17.5 Å². The van der Waals surface area contributed by atoms with E-state index < -0.39 is 11.9 Å². The maximum absolute atomic E-state index is 12.1. The lowest BCUT2D eigenvalue weighted by Crippen LogP contribution is -2.47. The Kier molecular flexibility index (Phi) is 2.88. The van der Waals surface area contributed by atoms with Gasteiger partial charge in [-0.2, -0.15) is 0 Å². The van der Waals surface area contributed by atoms with E-state index >= 15 is 0 Å². The molecule has 0 aromatic heterocycles. The Hall–Kier alpha value is -1.84. The van der Waals surface area contributed by atoms with Gasteiger partial charge in [-0.25, -0.2) is 0 Å². The van der Waals surface area contributed by atoms with Crippen LogP contribution in [0.2, 0.25) is 0 Å². The number of aliphatic carboxylic acids is 1.